The van der Waals surface area contributed by atoms with Crippen molar-refractivity contribution in [3.8, 4) is 0 Å². The summed E-state index contributed by atoms with van der Waals surface area (Å²) in [4.78, 5) is 0. The normalized spacial score (nSPS) is 12.4. The van der Waals surface area contributed by atoms with Gasteiger partial charge in [0.1, 0.15) is 0 Å². The van der Waals surface area contributed by atoms with Crippen LogP contribution in [0.15, 0.2) is 54.6 Å². The molecule has 18 heavy (non-hydrogen) atoms. The molecule has 1 heteroatoms. The molecule has 1 N–H and O–H groups in total. The maximum absolute atomic E-state index is 3.64. The molecule has 0 saturated heterocycles. The molecule has 1 nitrogen and oxygen atoms in total. The first kappa shape index (κ1) is 12.7. The molecular formula is C17H21N. The minimum Gasteiger partial charge on any atom is -0.378 e. The Hall–Kier alpha value is -1.76. The standard InChI is InChI=1S/C17H21N/c1-13(2)17(15-9-5-4-6-10-15)18-16-11-7-8-14(3)12-16/h4-13,17-18H,1-3H3. The second kappa shape index (κ2) is 5.72. The van der Waals surface area contributed by atoms with Gasteiger partial charge in [-0.05, 0) is 36.1 Å². The lowest BCUT2D eigenvalue weighted by molar-refractivity contribution is 0.546. The minimum absolute atomic E-state index is 0.355. The minimum atomic E-state index is 0.355. The Morgan fingerprint density at radius 1 is 0.889 bits per heavy atom. The highest BCUT2D eigenvalue weighted by Crippen LogP contribution is 2.26. The Bertz CT molecular complexity index is 488. The van der Waals surface area contributed by atoms with Crippen LogP contribution in [0, 0.1) is 12.8 Å². The van der Waals surface area contributed by atoms with E-state index >= 15 is 0 Å². The van der Waals surface area contributed by atoms with Crippen LogP contribution in [0.25, 0.3) is 0 Å². The number of rotatable bonds is 4. The zero-order chi connectivity index (χ0) is 13.0. The molecule has 0 aliphatic rings. The number of hydrogen-bond donors (Lipinski definition) is 1. The largest absolute Gasteiger partial charge is 0.378 e. The zero-order valence-corrected chi connectivity index (χ0v) is 11.4. The predicted molar refractivity (Wildman–Crippen MR) is 78.8 cm³/mol. The van der Waals surface area contributed by atoms with Crippen LogP contribution in [0.3, 0.4) is 0 Å². The smallest absolute Gasteiger partial charge is 0.0536 e. The van der Waals surface area contributed by atoms with Crippen molar-refractivity contribution >= 4 is 5.69 Å². The first-order valence-corrected chi connectivity index (χ1v) is 6.55. The van der Waals surface area contributed by atoms with Gasteiger partial charge in [0.25, 0.3) is 0 Å². The number of aryl methyl sites for hydroxylation is 1. The first-order chi connectivity index (χ1) is 8.66. The maximum Gasteiger partial charge on any atom is 0.0536 e. The molecule has 0 amide bonds. The summed E-state index contributed by atoms with van der Waals surface area (Å²) in [5.41, 5.74) is 3.82. The Kier molecular flexibility index (Phi) is 4.03. The van der Waals surface area contributed by atoms with Crippen LogP contribution in [0.1, 0.15) is 31.0 Å². The summed E-state index contributed by atoms with van der Waals surface area (Å²) in [6.07, 6.45) is 0. The number of benzene rings is 2. The summed E-state index contributed by atoms with van der Waals surface area (Å²) in [5, 5.41) is 3.64. The molecule has 2 aromatic carbocycles. The van der Waals surface area contributed by atoms with Gasteiger partial charge in [0.2, 0.25) is 0 Å². The van der Waals surface area contributed by atoms with E-state index in [4.69, 9.17) is 0 Å². The molecule has 2 aromatic rings. The second-order valence-electron chi connectivity index (χ2n) is 5.15. The third-order valence-corrected chi connectivity index (χ3v) is 3.17. The molecule has 0 bridgehead atoms. The average molecular weight is 239 g/mol. The monoisotopic (exact) mass is 239 g/mol. The highest BCUT2D eigenvalue weighted by Gasteiger charge is 2.14. The zero-order valence-electron chi connectivity index (χ0n) is 11.4. The van der Waals surface area contributed by atoms with E-state index in [9.17, 15) is 0 Å². The van der Waals surface area contributed by atoms with Crippen molar-refractivity contribution in [3.05, 3.63) is 65.7 Å². The first-order valence-electron chi connectivity index (χ1n) is 6.55. The highest BCUT2D eigenvalue weighted by molar-refractivity contribution is 5.47. The number of nitrogens with one attached hydrogen (secondary N) is 1. The van der Waals surface area contributed by atoms with Crippen molar-refractivity contribution in [3.63, 3.8) is 0 Å². The Morgan fingerprint density at radius 3 is 2.22 bits per heavy atom. The van der Waals surface area contributed by atoms with Gasteiger partial charge in [-0.15, -0.1) is 0 Å². The van der Waals surface area contributed by atoms with Gasteiger partial charge in [-0.1, -0.05) is 56.3 Å². The van der Waals surface area contributed by atoms with Gasteiger partial charge in [0.05, 0.1) is 6.04 Å². The van der Waals surface area contributed by atoms with Gasteiger partial charge in [0, 0.05) is 5.69 Å². The summed E-state index contributed by atoms with van der Waals surface area (Å²) in [6.45, 7) is 6.62. The SMILES string of the molecule is Cc1cccc(NC(c2ccccc2)C(C)C)c1. The average Bonchev–Trinajstić information content (AvgIpc) is 2.37. The van der Waals surface area contributed by atoms with Gasteiger partial charge in [-0.25, -0.2) is 0 Å². The van der Waals surface area contributed by atoms with Crippen LogP contribution >= 0.6 is 0 Å². The molecule has 0 fully saturated rings. The molecule has 0 spiro atoms. The van der Waals surface area contributed by atoms with Crippen molar-refractivity contribution in [1.82, 2.24) is 0 Å². The molecular weight excluding hydrogens is 218 g/mol. The van der Waals surface area contributed by atoms with Crippen LogP contribution in [0.5, 0.6) is 0 Å². The van der Waals surface area contributed by atoms with Crippen LogP contribution < -0.4 is 5.32 Å². The lowest BCUT2D eigenvalue weighted by atomic mass is 9.95. The van der Waals surface area contributed by atoms with Crippen LogP contribution in [-0.2, 0) is 0 Å². The Balaban J connectivity index is 2.22. The molecule has 0 aliphatic heterocycles. The third kappa shape index (κ3) is 3.13. The molecule has 94 valence electrons. The van der Waals surface area contributed by atoms with E-state index in [1.165, 1.54) is 16.8 Å². The maximum atomic E-state index is 3.64. The lowest BCUT2D eigenvalue weighted by Crippen LogP contribution is -2.16. The van der Waals surface area contributed by atoms with Gasteiger partial charge < -0.3 is 5.32 Å². The fraction of sp³-hybridized carbons (Fsp3) is 0.294. The molecule has 2 rings (SSSR count). The highest BCUT2D eigenvalue weighted by atomic mass is 14.9. The van der Waals surface area contributed by atoms with Gasteiger partial charge >= 0.3 is 0 Å². The van der Waals surface area contributed by atoms with Crippen LogP contribution in [-0.4, -0.2) is 0 Å². The Labute approximate surface area is 110 Å². The van der Waals surface area contributed by atoms with Crippen molar-refractivity contribution < 1.29 is 0 Å². The summed E-state index contributed by atoms with van der Waals surface area (Å²) < 4.78 is 0. The molecule has 0 heterocycles. The fourth-order valence-corrected chi connectivity index (χ4v) is 2.21. The van der Waals surface area contributed by atoms with E-state index in [-0.39, 0.29) is 0 Å². The van der Waals surface area contributed by atoms with E-state index in [1.807, 2.05) is 0 Å². The molecule has 1 unspecified atom stereocenters. The molecule has 0 saturated carbocycles. The van der Waals surface area contributed by atoms with Crippen molar-refractivity contribution in [1.29, 1.82) is 0 Å². The predicted octanol–water partition coefficient (Wildman–Crippen LogP) is 4.80. The van der Waals surface area contributed by atoms with Gasteiger partial charge in [-0.3, -0.25) is 0 Å². The number of hydrogen-bond acceptors (Lipinski definition) is 1. The van der Waals surface area contributed by atoms with Crippen LogP contribution in [0.2, 0.25) is 0 Å². The van der Waals surface area contributed by atoms with Gasteiger partial charge in [0.15, 0.2) is 0 Å². The third-order valence-electron chi connectivity index (χ3n) is 3.17. The summed E-state index contributed by atoms with van der Waals surface area (Å²) in [7, 11) is 0. The number of anilines is 1. The van der Waals surface area contributed by atoms with Crippen LogP contribution in [0.4, 0.5) is 5.69 Å². The quantitative estimate of drug-likeness (QED) is 0.807. The summed E-state index contributed by atoms with van der Waals surface area (Å²) in [6, 6.07) is 19.5. The van der Waals surface area contributed by atoms with E-state index in [2.05, 4.69) is 80.7 Å². The van der Waals surface area contributed by atoms with E-state index in [0.29, 0.717) is 12.0 Å². The van der Waals surface area contributed by atoms with Crippen molar-refractivity contribution in [2.24, 2.45) is 5.92 Å². The van der Waals surface area contributed by atoms with E-state index in [1.54, 1.807) is 0 Å². The molecule has 0 aliphatic carbocycles. The van der Waals surface area contributed by atoms with Crippen molar-refractivity contribution in [2.75, 3.05) is 5.32 Å². The second-order valence-corrected chi connectivity index (χ2v) is 5.15. The summed E-state index contributed by atoms with van der Waals surface area (Å²) >= 11 is 0. The van der Waals surface area contributed by atoms with Crippen molar-refractivity contribution in [2.45, 2.75) is 26.8 Å². The van der Waals surface area contributed by atoms with Gasteiger partial charge in [-0.2, -0.15) is 0 Å². The topological polar surface area (TPSA) is 12.0 Å². The van der Waals surface area contributed by atoms with E-state index in [0.717, 1.165) is 0 Å². The Morgan fingerprint density at radius 2 is 1.61 bits per heavy atom. The molecule has 1 atom stereocenters. The fourth-order valence-electron chi connectivity index (χ4n) is 2.21. The lowest BCUT2D eigenvalue weighted by Gasteiger charge is -2.24. The molecule has 0 radical (unpaired) electrons. The van der Waals surface area contributed by atoms with E-state index < -0.39 is 0 Å². The molecule has 0 aromatic heterocycles. The summed E-state index contributed by atoms with van der Waals surface area (Å²) in [5.74, 6) is 0.549.